The molecule has 0 bridgehead atoms. The van der Waals surface area contributed by atoms with Crippen molar-refractivity contribution in [3.8, 4) is 5.69 Å². The summed E-state index contributed by atoms with van der Waals surface area (Å²) in [6.45, 7) is 3.60. The second-order valence-corrected chi connectivity index (χ2v) is 8.63. The molecule has 1 aliphatic heterocycles. The number of carbonyl (C=O) groups is 1. The van der Waals surface area contributed by atoms with Gasteiger partial charge in [0.2, 0.25) is 0 Å². The molecule has 1 aromatic carbocycles. The minimum Gasteiger partial charge on any atom is -0.317 e. The lowest BCUT2D eigenvalue weighted by atomic mass is 9.96. The molecule has 1 fully saturated rings. The Labute approximate surface area is 150 Å². The van der Waals surface area contributed by atoms with Crippen molar-refractivity contribution in [1.29, 1.82) is 0 Å². The quantitative estimate of drug-likeness (QED) is 0.758. The number of rotatable bonds is 4. The van der Waals surface area contributed by atoms with Gasteiger partial charge in [-0.2, -0.15) is 0 Å². The maximum Gasteiger partial charge on any atom is 0.161 e. The third-order valence-corrected chi connectivity index (χ3v) is 6.43. The fourth-order valence-electron chi connectivity index (χ4n) is 3.47. The minimum atomic E-state index is -0.645. The number of hydrogen-bond donors (Lipinski definition) is 0. The number of carbonyl (C=O) groups excluding carboxylic acids is 1. The highest BCUT2D eigenvalue weighted by Gasteiger charge is 2.22. The fraction of sp³-hybridized carbons (Fsp3) is 0.421. The summed E-state index contributed by atoms with van der Waals surface area (Å²) in [4.78, 5) is 12.0. The van der Waals surface area contributed by atoms with E-state index < -0.39 is 10.8 Å². The van der Waals surface area contributed by atoms with Crippen LogP contribution in [0.3, 0.4) is 0 Å². The molecule has 0 spiro atoms. The van der Waals surface area contributed by atoms with Crippen LogP contribution < -0.4 is 0 Å². The van der Waals surface area contributed by atoms with Gasteiger partial charge in [0.15, 0.2) is 5.78 Å². The Balaban J connectivity index is 1.97. The molecule has 128 valence electrons. The minimum absolute atomic E-state index is 0.0891. The van der Waals surface area contributed by atoms with Gasteiger partial charge in [0, 0.05) is 50.0 Å². The van der Waals surface area contributed by atoms with E-state index in [1.807, 2.05) is 37.3 Å². The summed E-state index contributed by atoms with van der Waals surface area (Å²) in [5, 5.41) is 0.701. The lowest BCUT2D eigenvalue weighted by Gasteiger charge is -2.22. The predicted molar refractivity (Wildman–Crippen MR) is 99.8 cm³/mol. The van der Waals surface area contributed by atoms with Gasteiger partial charge in [0.05, 0.1) is 0 Å². The van der Waals surface area contributed by atoms with E-state index in [4.69, 9.17) is 11.6 Å². The van der Waals surface area contributed by atoms with Crippen LogP contribution in [0.5, 0.6) is 0 Å². The first kappa shape index (κ1) is 17.4. The van der Waals surface area contributed by atoms with E-state index in [1.54, 1.807) is 6.92 Å². The molecule has 1 saturated heterocycles. The molecule has 1 aliphatic rings. The molecule has 2 aromatic rings. The second kappa shape index (κ2) is 7.24. The van der Waals surface area contributed by atoms with Crippen molar-refractivity contribution in [2.75, 3.05) is 11.5 Å². The molecule has 0 radical (unpaired) electrons. The number of ketones is 1. The number of benzene rings is 1. The third kappa shape index (κ3) is 3.65. The molecule has 5 heteroatoms. The normalized spacial score (nSPS) is 21.0. The summed E-state index contributed by atoms with van der Waals surface area (Å²) in [6.07, 6.45) is 2.90. The van der Waals surface area contributed by atoms with Crippen LogP contribution >= 0.6 is 11.6 Å². The van der Waals surface area contributed by atoms with Gasteiger partial charge in [-0.05, 0) is 69.4 Å². The Morgan fingerprint density at radius 1 is 1.25 bits per heavy atom. The van der Waals surface area contributed by atoms with Crippen molar-refractivity contribution in [3.63, 3.8) is 0 Å². The highest BCUT2D eigenvalue weighted by atomic mass is 35.5. The number of halogens is 1. The Morgan fingerprint density at radius 2 is 1.88 bits per heavy atom. The number of Topliss-reactive ketones (excluding diaryl/α,β-unsaturated/α-hetero) is 1. The fourth-order valence-corrected chi connectivity index (χ4v) is 4.99. The summed E-state index contributed by atoms with van der Waals surface area (Å²) < 4.78 is 13.7. The number of nitrogens with zero attached hydrogens (tertiary/aromatic N) is 1. The average molecular weight is 364 g/mol. The molecule has 24 heavy (non-hydrogen) atoms. The lowest BCUT2D eigenvalue weighted by Crippen LogP contribution is -2.21. The molecule has 0 atom stereocenters. The van der Waals surface area contributed by atoms with Crippen LogP contribution in [0, 0.1) is 12.8 Å². The second-order valence-electron chi connectivity index (χ2n) is 6.50. The van der Waals surface area contributed by atoms with Crippen molar-refractivity contribution in [2.24, 2.45) is 5.92 Å². The van der Waals surface area contributed by atoms with E-state index >= 15 is 0 Å². The zero-order chi connectivity index (χ0) is 17.3. The van der Waals surface area contributed by atoms with E-state index in [0.717, 1.165) is 53.4 Å². The first-order valence-electron chi connectivity index (χ1n) is 8.28. The van der Waals surface area contributed by atoms with Gasteiger partial charge in [-0.3, -0.25) is 9.00 Å². The molecule has 0 N–H and O–H groups in total. The zero-order valence-corrected chi connectivity index (χ0v) is 15.6. The summed E-state index contributed by atoms with van der Waals surface area (Å²) >= 11 is 6.01. The smallest absolute Gasteiger partial charge is 0.161 e. The van der Waals surface area contributed by atoms with E-state index in [2.05, 4.69) is 4.57 Å². The number of aromatic nitrogens is 1. The molecule has 0 aliphatic carbocycles. The topological polar surface area (TPSA) is 39.1 Å². The van der Waals surface area contributed by atoms with Gasteiger partial charge in [0.25, 0.3) is 0 Å². The first-order chi connectivity index (χ1) is 11.5. The maximum absolute atomic E-state index is 12.0. The Bertz CT molecular complexity index is 769. The van der Waals surface area contributed by atoms with Crippen LogP contribution in [0.1, 0.15) is 41.5 Å². The monoisotopic (exact) mass is 363 g/mol. The van der Waals surface area contributed by atoms with Gasteiger partial charge in [-0.15, -0.1) is 0 Å². The summed E-state index contributed by atoms with van der Waals surface area (Å²) in [6, 6.07) is 9.74. The van der Waals surface area contributed by atoms with Crippen molar-refractivity contribution in [3.05, 3.63) is 52.3 Å². The van der Waals surface area contributed by atoms with E-state index in [0.29, 0.717) is 10.9 Å². The van der Waals surface area contributed by atoms with Crippen LogP contribution in [0.15, 0.2) is 30.3 Å². The van der Waals surface area contributed by atoms with Gasteiger partial charge in [-0.25, -0.2) is 0 Å². The van der Waals surface area contributed by atoms with Gasteiger partial charge in [-0.1, -0.05) is 11.6 Å². The zero-order valence-electron chi connectivity index (χ0n) is 14.0. The number of hydrogen-bond acceptors (Lipinski definition) is 2. The Kier molecular flexibility index (Phi) is 5.26. The lowest BCUT2D eigenvalue weighted by molar-refractivity contribution is 0.101. The standard InChI is InChI=1S/C19H22ClNO2S/c1-13-19(14(2)22)12-18(11-15-7-9-24(23)10-8-15)21(13)17-5-3-16(20)4-6-17/h3-6,12,15H,7-11H2,1-2H3. The SMILES string of the molecule is CC(=O)c1cc(CC2CCS(=O)CC2)n(-c2ccc(Cl)cc2)c1C. The van der Waals surface area contributed by atoms with Gasteiger partial charge >= 0.3 is 0 Å². The maximum atomic E-state index is 12.0. The molecule has 0 amide bonds. The van der Waals surface area contributed by atoms with Crippen LogP contribution in [0.4, 0.5) is 0 Å². The molecule has 1 aromatic heterocycles. The van der Waals surface area contributed by atoms with E-state index in [1.165, 1.54) is 0 Å². The van der Waals surface area contributed by atoms with Crippen molar-refractivity contribution >= 4 is 28.2 Å². The molecule has 3 nitrogen and oxygen atoms in total. The molecule has 3 rings (SSSR count). The molecule has 0 saturated carbocycles. The highest BCUT2D eigenvalue weighted by molar-refractivity contribution is 7.85. The van der Waals surface area contributed by atoms with Crippen molar-refractivity contribution in [1.82, 2.24) is 4.57 Å². The van der Waals surface area contributed by atoms with Crippen molar-refractivity contribution in [2.45, 2.75) is 33.1 Å². The molecule has 0 unspecified atom stereocenters. The van der Waals surface area contributed by atoms with Gasteiger partial charge < -0.3 is 4.57 Å². The average Bonchev–Trinajstić information content (AvgIpc) is 2.87. The molecular formula is C19H22ClNO2S. The first-order valence-corrected chi connectivity index (χ1v) is 10.2. The van der Waals surface area contributed by atoms with Crippen LogP contribution in [0.2, 0.25) is 5.02 Å². The van der Waals surface area contributed by atoms with E-state index in [-0.39, 0.29) is 5.78 Å². The predicted octanol–water partition coefficient (Wildman–Crippen LogP) is 4.34. The Morgan fingerprint density at radius 3 is 2.46 bits per heavy atom. The Hall–Kier alpha value is -1.39. The van der Waals surface area contributed by atoms with Crippen LogP contribution in [0.25, 0.3) is 5.69 Å². The van der Waals surface area contributed by atoms with Crippen molar-refractivity contribution < 1.29 is 9.00 Å². The van der Waals surface area contributed by atoms with Crippen LogP contribution in [-0.2, 0) is 17.2 Å². The third-order valence-electron chi connectivity index (χ3n) is 4.79. The summed E-state index contributed by atoms with van der Waals surface area (Å²) in [7, 11) is -0.645. The van der Waals surface area contributed by atoms with E-state index in [9.17, 15) is 9.00 Å². The summed E-state index contributed by atoms with van der Waals surface area (Å²) in [5.74, 6) is 2.21. The molecular weight excluding hydrogens is 342 g/mol. The summed E-state index contributed by atoms with van der Waals surface area (Å²) in [5.41, 5.74) is 3.93. The van der Waals surface area contributed by atoms with Gasteiger partial charge in [0.1, 0.15) is 0 Å². The van der Waals surface area contributed by atoms with Crippen LogP contribution in [-0.4, -0.2) is 26.1 Å². The highest BCUT2D eigenvalue weighted by Crippen LogP contribution is 2.28. The largest absolute Gasteiger partial charge is 0.317 e. The molecule has 2 heterocycles.